The SMILES string of the molecule is NC(=O)c1ccccc1-c1ccc([C@H]2CNCCO2)cc1. The number of carbonyl (C=O) groups excluding carboxylic acids is 1. The van der Waals surface area contributed by atoms with Crippen LogP contribution in [0, 0.1) is 0 Å². The number of morpholine rings is 1. The minimum absolute atomic E-state index is 0.0965. The maximum absolute atomic E-state index is 11.5. The van der Waals surface area contributed by atoms with Gasteiger partial charge in [0.15, 0.2) is 0 Å². The van der Waals surface area contributed by atoms with Crippen molar-refractivity contribution < 1.29 is 9.53 Å². The molecule has 1 saturated heterocycles. The van der Waals surface area contributed by atoms with Gasteiger partial charge in [0.25, 0.3) is 0 Å². The van der Waals surface area contributed by atoms with Crippen molar-refractivity contribution in [3.05, 3.63) is 59.7 Å². The van der Waals surface area contributed by atoms with Crippen LogP contribution in [0.4, 0.5) is 0 Å². The highest BCUT2D eigenvalue weighted by Crippen LogP contribution is 2.26. The van der Waals surface area contributed by atoms with Crippen LogP contribution in [-0.4, -0.2) is 25.6 Å². The molecule has 2 aromatic rings. The predicted octanol–water partition coefficient (Wildman–Crippen LogP) is 2.11. The van der Waals surface area contributed by atoms with Crippen LogP contribution in [0.2, 0.25) is 0 Å². The van der Waals surface area contributed by atoms with Crippen molar-refractivity contribution in [2.24, 2.45) is 5.73 Å². The molecule has 2 aromatic carbocycles. The zero-order chi connectivity index (χ0) is 14.7. The fourth-order valence-electron chi connectivity index (χ4n) is 2.61. The molecule has 0 bridgehead atoms. The standard InChI is InChI=1S/C17H18N2O2/c18-17(20)15-4-2-1-3-14(15)12-5-7-13(8-6-12)16-11-19-9-10-21-16/h1-8,16,19H,9-11H2,(H2,18,20)/t16-/m1/s1. The number of hydrogen-bond acceptors (Lipinski definition) is 3. The van der Waals surface area contributed by atoms with Crippen LogP contribution in [0.15, 0.2) is 48.5 Å². The second kappa shape index (κ2) is 6.08. The van der Waals surface area contributed by atoms with Crippen molar-refractivity contribution in [2.45, 2.75) is 6.10 Å². The lowest BCUT2D eigenvalue weighted by molar-refractivity contribution is 0.0277. The number of nitrogens with two attached hydrogens (primary N) is 1. The Hall–Kier alpha value is -2.17. The number of carbonyl (C=O) groups is 1. The van der Waals surface area contributed by atoms with Crippen LogP contribution < -0.4 is 11.1 Å². The Morgan fingerprint density at radius 3 is 2.57 bits per heavy atom. The summed E-state index contributed by atoms with van der Waals surface area (Å²) in [5.74, 6) is -0.408. The molecule has 0 saturated carbocycles. The average molecular weight is 282 g/mol. The summed E-state index contributed by atoms with van der Waals surface area (Å²) >= 11 is 0. The van der Waals surface area contributed by atoms with Gasteiger partial charge in [-0.2, -0.15) is 0 Å². The van der Waals surface area contributed by atoms with E-state index in [1.165, 1.54) is 0 Å². The molecule has 0 radical (unpaired) electrons. The van der Waals surface area contributed by atoms with Gasteiger partial charge in [-0.15, -0.1) is 0 Å². The van der Waals surface area contributed by atoms with Crippen molar-refractivity contribution in [2.75, 3.05) is 19.7 Å². The van der Waals surface area contributed by atoms with E-state index in [0.717, 1.165) is 36.4 Å². The van der Waals surface area contributed by atoms with Gasteiger partial charge in [0.1, 0.15) is 0 Å². The average Bonchev–Trinajstić information content (AvgIpc) is 2.56. The maximum Gasteiger partial charge on any atom is 0.249 e. The van der Waals surface area contributed by atoms with Crippen molar-refractivity contribution in [3.8, 4) is 11.1 Å². The van der Waals surface area contributed by atoms with Gasteiger partial charge in [0.2, 0.25) is 5.91 Å². The number of rotatable bonds is 3. The molecule has 3 N–H and O–H groups in total. The number of ether oxygens (including phenoxy) is 1. The molecule has 0 aromatic heterocycles. The first-order valence-electron chi connectivity index (χ1n) is 7.07. The number of benzene rings is 2. The molecular weight excluding hydrogens is 264 g/mol. The summed E-state index contributed by atoms with van der Waals surface area (Å²) in [7, 11) is 0. The molecule has 0 aliphatic carbocycles. The predicted molar refractivity (Wildman–Crippen MR) is 82.0 cm³/mol. The molecule has 4 heteroatoms. The van der Waals surface area contributed by atoms with E-state index in [0.29, 0.717) is 5.56 Å². The van der Waals surface area contributed by atoms with E-state index < -0.39 is 5.91 Å². The lowest BCUT2D eigenvalue weighted by atomic mass is 9.97. The monoisotopic (exact) mass is 282 g/mol. The van der Waals surface area contributed by atoms with E-state index in [1.807, 2.05) is 42.5 Å². The number of hydrogen-bond donors (Lipinski definition) is 2. The Bertz CT molecular complexity index is 631. The molecule has 4 nitrogen and oxygen atoms in total. The van der Waals surface area contributed by atoms with Gasteiger partial charge in [-0.3, -0.25) is 4.79 Å². The minimum Gasteiger partial charge on any atom is -0.371 e. The third-order valence-corrected chi connectivity index (χ3v) is 3.71. The van der Waals surface area contributed by atoms with Gasteiger partial charge in [0.05, 0.1) is 12.7 Å². The number of nitrogens with one attached hydrogen (secondary N) is 1. The van der Waals surface area contributed by atoms with Crippen LogP contribution in [0.1, 0.15) is 22.0 Å². The van der Waals surface area contributed by atoms with Crippen molar-refractivity contribution >= 4 is 5.91 Å². The summed E-state index contributed by atoms with van der Waals surface area (Å²) in [5.41, 5.74) is 8.96. The summed E-state index contributed by atoms with van der Waals surface area (Å²) in [6.45, 7) is 2.47. The Morgan fingerprint density at radius 1 is 1.14 bits per heavy atom. The highest BCUT2D eigenvalue weighted by molar-refractivity contribution is 5.99. The number of amides is 1. The first-order chi connectivity index (χ1) is 10.3. The summed E-state index contributed by atoms with van der Waals surface area (Å²) in [4.78, 5) is 11.5. The van der Waals surface area contributed by atoms with Gasteiger partial charge >= 0.3 is 0 Å². The molecule has 1 atom stereocenters. The second-order valence-corrected chi connectivity index (χ2v) is 5.10. The van der Waals surface area contributed by atoms with E-state index in [-0.39, 0.29) is 6.10 Å². The maximum atomic E-state index is 11.5. The minimum atomic E-state index is -0.408. The number of primary amides is 1. The van der Waals surface area contributed by atoms with Gasteiger partial charge in [-0.05, 0) is 22.8 Å². The van der Waals surface area contributed by atoms with E-state index in [2.05, 4.69) is 5.32 Å². The summed E-state index contributed by atoms with van der Waals surface area (Å²) in [5, 5.41) is 3.32. The molecule has 1 heterocycles. The zero-order valence-electron chi connectivity index (χ0n) is 11.7. The molecule has 1 fully saturated rings. The molecule has 108 valence electrons. The summed E-state index contributed by atoms with van der Waals surface area (Å²) < 4.78 is 5.73. The molecule has 21 heavy (non-hydrogen) atoms. The Labute approximate surface area is 123 Å². The molecule has 0 unspecified atom stereocenters. The van der Waals surface area contributed by atoms with E-state index in [4.69, 9.17) is 10.5 Å². The molecule has 1 aliphatic rings. The van der Waals surface area contributed by atoms with Crippen molar-refractivity contribution in [1.82, 2.24) is 5.32 Å². The topological polar surface area (TPSA) is 64.4 Å². The third kappa shape index (κ3) is 2.96. The van der Waals surface area contributed by atoms with E-state index in [9.17, 15) is 4.79 Å². The van der Waals surface area contributed by atoms with Crippen LogP contribution >= 0.6 is 0 Å². The highest BCUT2D eigenvalue weighted by Gasteiger charge is 2.16. The lowest BCUT2D eigenvalue weighted by Gasteiger charge is -2.24. The molecular formula is C17H18N2O2. The lowest BCUT2D eigenvalue weighted by Crippen LogP contribution is -2.33. The van der Waals surface area contributed by atoms with Crippen molar-refractivity contribution in [1.29, 1.82) is 0 Å². The fourth-order valence-corrected chi connectivity index (χ4v) is 2.61. The second-order valence-electron chi connectivity index (χ2n) is 5.10. The van der Waals surface area contributed by atoms with Crippen LogP contribution in [0.5, 0.6) is 0 Å². The van der Waals surface area contributed by atoms with Gasteiger partial charge < -0.3 is 15.8 Å². The van der Waals surface area contributed by atoms with E-state index >= 15 is 0 Å². The normalized spacial score (nSPS) is 18.4. The van der Waals surface area contributed by atoms with E-state index in [1.54, 1.807) is 6.07 Å². The van der Waals surface area contributed by atoms with Crippen LogP contribution in [-0.2, 0) is 4.74 Å². The highest BCUT2D eigenvalue weighted by atomic mass is 16.5. The fraction of sp³-hybridized carbons (Fsp3) is 0.235. The van der Waals surface area contributed by atoms with Crippen molar-refractivity contribution in [3.63, 3.8) is 0 Å². The van der Waals surface area contributed by atoms with Gasteiger partial charge in [-0.25, -0.2) is 0 Å². The Balaban J connectivity index is 1.89. The third-order valence-electron chi connectivity index (χ3n) is 3.71. The molecule has 1 aliphatic heterocycles. The molecule has 3 rings (SSSR count). The molecule has 1 amide bonds. The summed E-state index contributed by atoms with van der Waals surface area (Å²) in [6.07, 6.45) is 0.0965. The van der Waals surface area contributed by atoms with Crippen LogP contribution in [0.3, 0.4) is 0 Å². The summed E-state index contributed by atoms with van der Waals surface area (Å²) in [6, 6.07) is 15.5. The zero-order valence-corrected chi connectivity index (χ0v) is 11.7. The smallest absolute Gasteiger partial charge is 0.249 e. The Kier molecular flexibility index (Phi) is 3.99. The first-order valence-corrected chi connectivity index (χ1v) is 7.07. The van der Waals surface area contributed by atoms with Gasteiger partial charge in [-0.1, -0.05) is 42.5 Å². The quantitative estimate of drug-likeness (QED) is 0.906. The van der Waals surface area contributed by atoms with Gasteiger partial charge in [0, 0.05) is 18.7 Å². The molecule has 0 spiro atoms. The first kappa shape index (κ1) is 13.8. The Morgan fingerprint density at radius 2 is 1.90 bits per heavy atom. The largest absolute Gasteiger partial charge is 0.371 e. The van der Waals surface area contributed by atoms with Crippen LogP contribution in [0.25, 0.3) is 11.1 Å².